The van der Waals surface area contributed by atoms with E-state index in [1.165, 1.54) is 5.56 Å². The average molecular weight is 331 g/mol. The van der Waals surface area contributed by atoms with Crippen LogP contribution in [0.15, 0.2) is 41.2 Å². The number of hydrogen-bond donors (Lipinski definition) is 2. The minimum atomic E-state index is -0.112. The van der Waals surface area contributed by atoms with E-state index in [2.05, 4.69) is 27.8 Å². The summed E-state index contributed by atoms with van der Waals surface area (Å²) in [4.78, 5) is 16.2. The lowest BCUT2D eigenvalue weighted by atomic mass is 9.97. The fourth-order valence-electron chi connectivity index (χ4n) is 2.73. The number of rotatable bonds is 5. The smallest absolute Gasteiger partial charge is 0.315 e. The van der Waals surface area contributed by atoms with Crippen LogP contribution in [0.1, 0.15) is 30.2 Å². The summed E-state index contributed by atoms with van der Waals surface area (Å²) in [7, 11) is 0. The molecule has 1 aliphatic heterocycles. The Labute approximate surface area is 140 Å². The van der Waals surface area contributed by atoms with Crippen molar-refractivity contribution in [3.8, 4) is 0 Å². The normalized spacial score (nSPS) is 20.9. The lowest BCUT2D eigenvalue weighted by Gasteiger charge is -2.30. The summed E-state index contributed by atoms with van der Waals surface area (Å²) in [5, 5.41) is 7.95. The maximum atomic E-state index is 12.0. The van der Waals surface area contributed by atoms with Crippen LogP contribution >= 0.6 is 11.3 Å². The molecule has 2 atom stereocenters. The number of ether oxygens (including phenoxy) is 1. The van der Waals surface area contributed by atoms with E-state index in [9.17, 15) is 4.79 Å². The molecule has 5 nitrogen and oxygen atoms in total. The summed E-state index contributed by atoms with van der Waals surface area (Å²) in [6, 6.07) is 10.2. The molecule has 1 aliphatic rings. The second-order valence-corrected chi connectivity index (χ2v) is 6.34. The number of carbonyl (C=O) groups is 1. The summed E-state index contributed by atoms with van der Waals surface area (Å²) in [5.74, 6) is 0. The molecular weight excluding hydrogens is 310 g/mol. The molecule has 0 saturated carbocycles. The van der Waals surface area contributed by atoms with Crippen LogP contribution in [-0.4, -0.2) is 30.2 Å². The lowest BCUT2D eigenvalue weighted by molar-refractivity contribution is 0.00227. The quantitative estimate of drug-likeness (QED) is 0.885. The van der Waals surface area contributed by atoms with Gasteiger partial charge in [-0.05, 0) is 18.4 Å². The number of carbonyl (C=O) groups excluding carboxylic acids is 1. The summed E-state index contributed by atoms with van der Waals surface area (Å²) in [6.07, 6.45) is 2.48. The van der Waals surface area contributed by atoms with Crippen molar-refractivity contribution in [2.45, 2.75) is 31.4 Å². The molecule has 2 N–H and O–H groups in total. The number of nitrogens with one attached hydrogen (secondary N) is 2. The summed E-state index contributed by atoms with van der Waals surface area (Å²) >= 11 is 1.57. The maximum absolute atomic E-state index is 12.0. The second-order valence-electron chi connectivity index (χ2n) is 5.62. The van der Waals surface area contributed by atoms with Crippen LogP contribution in [0.3, 0.4) is 0 Å². The molecule has 1 aromatic carbocycles. The predicted molar refractivity (Wildman–Crippen MR) is 90.5 cm³/mol. The lowest BCUT2D eigenvalue weighted by Crippen LogP contribution is -2.45. The largest absolute Gasteiger partial charge is 0.373 e. The van der Waals surface area contributed by atoms with Gasteiger partial charge in [-0.25, -0.2) is 9.78 Å². The molecule has 6 heteroatoms. The van der Waals surface area contributed by atoms with Crippen molar-refractivity contribution in [2.24, 2.45) is 0 Å². The third-order valence-corrected chi connectivity index (χ3v) is 4.58. The van der Waals surface area contributed by atoms with Gasteiger partial charge in [0, 0.05) is 31.0 Å². The standard InChI is InChI=1S/C17H21N3O2S/c21-17(18-8-6-15-11-23-12-19-15)20-14-7-9-22-16(10-14)13-4-2-1-3-5-13/h1-5,11-12,14,16H,6-10H2,(H2,18,20,21)/t14-,16+/m1/s1. The van der Waals surface area contributed by atoms with Crippen molar-refractivity contribution in [3.63, 3.8) is 0 Å². The topological polar surface area (TPSA) is 63.2 Å². The minimum absolute atomic E-state index is 0.0604. The third-order valence-electron chi connectivity index (χ3n) is 3.94. The molecule has 1 fully saturated rings. The van der Waals surface area contributed by atoms with Crippen LogP contribution < -0.4 is 10.6 Å². The molecule has 0 bridgehead atoms. The summed E-state index contributed by atoms with van der Waals surface area (Å²) in [6.45, 7) is 1.27. The van der Waals surface area contributed by atoms with Crippen molar-refractivity contribution >= 4 is 17.4 Å². The Balaban J connectivity index is 1.43. The Hall–Kier alpha value is -1.92. The summed E-state index contributed by atoms with van der Waals surface area (Å²) < 4.78 is 5.83. The second kappa shape index (κ2) is 8.08. The van der Waals surface area contributed by atoms with Crippen LogP contribution in [0, 0.1) is 0 Å². The first-order valence-electron chi connectivity index (χ1n) is 7.89. The van der Waals surface area contributed by atoms with Crippen molar-refractivity contribution in [2.75, 3.05) is 13.2 Å². The van der Waals surface area contributed by atoms with Crippen molar-refractivity contribution in [1.29, 1.82) is 0 Å². The van der Waals surface area contributed by atoms with Crippen molar-refractivity contribution in [1.82, 2.24) is 15.6 Å². The molecule has 2 heterocycles. The Morgan fingerprint density at radius 1 is 1.35 bits per heavy atom. The molecule has 0 spiro atoms. The number of hydrogen-bond acceptors (Lipinski definition) is 4. The number of nitrogens with zero attached hydrogens (tertiary/aromatic N) is 1. The molecule has 0 radical (unpaired) electrons. The van der Waals surface area contributed by atoms with Crippen LogP contribution in [0.5, 0.6) is 0 Å². The van der Waals surface area contributed by atoms with E-state index in [4.69, 9.17) is 4.74 Å². The molecule has 23 heavy (non-hydrogen) atoms. The number of amides is 2. The first-order valence-corrected chi connectivity index (χ1v) is 8.83. The third kappa shape index (κ3) is 4.77. The van der Waals surface area contributed by atoms with Gasteiger partial charge >= 0.3 is 6.03 Å². The zero-order valence-electron chi connectivity index (χ0n) is 12.9. The molecular formula is C17H21N3O2S. The van der Waals surface area contributed by atoms with Gasteiger partial charge in [0.05, 0.1) is 17.3 Å². The Bertz CT molecular complexity index is 604. The fourth-order valence-corrected chi connectivity index (χ4v) is 3.32. The Morgan fingerprint density at radius 3 is 3.00 bits per heavy atom. The highest BCUT2D eigenvalue weighted by atomic mass is 32.1. The van der Waals surface area contributed by atoms with E-state index in [1.807, 2.05) is 23.6 Å². The van der Waals surface area contributed by atoms with Crippen LogP contribution in [-0.2, 0) is 11.2 Å². The highest BCUT2D eigenvalue weighted by Crippen LogP contribution is 2.27. The highest BCUT2D eigenvalue weighted by molar-refractivity contribution is 7.07. The van der Waals surface area contributed by atoms with Gasteiger partial charge in [-0.2, -0.15) is 0 Å². The predicted octanol–water partition coefficient (Wildman–Crippen LogP) is 2.91. The maximum Gasteiger partial charge on any atom is 0.315 e. The molecule has 2 amide bonds. The van der Waals surface area contributed by atoms with E-state index >= 15 is 0 Å². The monoisotopic (exact) mass is 331 g/mol. The van der Waals surface area contributed by atoms with E-state index in [1.54, 1.807) is 16.8 Å². The van der Waals surface area contributed by atoms with Gasteiger partial charge in [-0.15, -0.1) is 11.3 Å². The highest BCUT2D eigenvalue weighted by Gasteiger charge is 2.24. The number of thiazole rings is 1. The molecule has 1 saturated heterocycles. The number of benzene rings is 1. The van der Waals surface area contributed by atoms with E-state index in [-0.39, 0.29) is 18.2 Å². The summed E-state index contributed by atoms with van der Waals surface area (Å²) in [5.41, 5.74) is 4.00. The Morgan fingerprint density at radius 2 is 2.22 bits per heavy atom. The molecule has 2 aromatic rings. The van der Waals surface area contributed by atoms with E-state index in [0.717, 1.165) is 25.0 Å². The van der Waals surface area contributed by atoms with Gasteiger partial charge in [0.1, 0.15) is 0 Å². The van der Waals surface area contributed by atoms with Crippen molar-refractivity contribution in [3.05, 3.63) is 52.5 Å². The van der Waals surface area contributed by atoms with Crippen LogP contribution in [0.25, 0.3) is 0 Å². The van der Waals surface area contributed by atoms with Gasteiger partial charge in [0.15, 0.2) is 0 Å². The minimum Gasteiger partial charge on any atom is -0.373 e. The molecule has 0 aliphatic carbocycles. The van der Waals surface area contributed by atoms with Gasteiger partial charge in [-0.1, -0.05) is 30.3 Å². The van der Waals surface area contributed by atoms with Crippen LogP contribution in [0.2, 0.25) is 0 Å². The van der Waals surface area contributed by atoms with Gasteiger partial charge in [-0.3, -0.25) is 0 Å². The number of urea groups is 1. The SMILES string of the molecule is O=C(NCCc1cscn1)N[C@@H]1CCO[C@H](c2ccccc2)C1. The zero-order valence-corrected chi connectivity index (χ0v) is 13.7. The Kier molecular flexibility index (Phi) is 5.60. The first kappa shape index (κ1) is 16.0. The number of aromatic nitrogens is 1. The van der Waals surface area contributed by atoms with Gasteiger partial charge in [0.2, 0.25) is 0 Å². The molecule has 122 valence electrons. The average Bonchev–Trinajstić information content (AvgIpc) is 3.09. The first-order chi connectivity index (χ1) is 11.3. The van der Waals surface area contributed by atoms with Gasteiger partial charge in [0.25, 0.3) is 0 Å². The van der Waals surface area contributed by atoms with E-state index < -0.39 is 0 Å². The van der Waals surface area contributed by atoms with Crippen molar-refractivity contribution < 1.29 is 9.53 Å². The van der Waals surface area contributed by atoms with Crippen LogP contribution in [0.4, 0.5) is 4.79 Å². The fraction of sp³-hybridized carbons (Fsp3) is 0.412. The molecule has 1 aromatic heterocycles. The van der Waals surface area contributed by atoms with Gasteiger partial charge < -0.3 is 15.4 Å². The van der Waals surface area contributed by atoms with E-state index in [0.29, 0.717) is 13.2 Å². The zero-order chi connectivity index (χ0) is 15.9. The molecule has 3 rings (SSSR count). The molecule has 0 unspecified atom stereocenters.